The molecule has 1 aliphatic rings. The normalized spacial score (nSPS) is 15.2. The van der Waals surface area contributed by atoms with Gasteiger partial charge in [-0.3, -0.25) is 14.4 Å². The summed E-state index contributed by atoms with van der Waals surface area (Å²) in [5.41, 5.74) is 8.07. The first-order valence-electron chi connectivity index (χ1n) is 14.2. The highest BCUT2D eigenvalue weighted by atomic mass is 19.1. The van der Waals surface area contributed by atoms with E-state index in [2.05, 4.69) is 10.6 Å². The average molecular weight is 539 g/mol. The second-order valence-corrected chi connectivity index (χ2v) is 10.8. The summed E-state index contributed by atoms with van der Waals surface area (Å²) in [6, 6.07) is 11.8. The molecule has 1 saturated carbocycles. The van der Waals surface area contributed by atoms with Crippen LogP contribution in [0.2, 0.25) is 0 Å². The van der Waals surface area contributed by atoms with Gasteiger partial charge >= 0.3 is 0 Å². The number of carbonyl (C=O) groups excluding carboxylic acids is 3. The SMILES string of the molecule is CCCN(CCC)C(=O)c1cccc(C(=O)N[C@@H](Cc2cccc(F)c2)[C@@H](N)C[C@@H](C)C(=O)NCC2CC2)c1. The van der Waals surface area contributed by atoms with E-state index >= 15 is 0 Å². The molecule has 3 rings (SSSR count). The number of nitrogens with two attached hydrogens (primary N) is 1. The van der Waals surface area contributed by atoms with E-state index in [1.54, 1.807) is 41.3 Å². The average Bonchev–Trinajstić information content (AvgIpc) is 3.75. The molecular weight excluding hydrogens is 495 g/mol. The number of hydrogen-bond donors (Lipinski definition) is 3. The Kier molecular flexibility index (Phi) is 11.5. The summed E-state index contributed by atoms with van der Waals surface area (Å²) in [5, 5.41) is 6.00. The minimum atomic E-state index is -0.548. The molecule has 7 nitrogen and oxygen atoms in total. The minimum Gasteiger partial charge on any atom is -0.356 e. The smallest absolute Gasteiger partial charge is 0.253 e. The maximum absolute atomic E-state index is 13.9. The largest absolute Gasteiger partial charge is 0.356 e. The van der Waals surface area contributed by atoms with E-state index < -0.39 is 12.1 Å². The van der Waals surface area contributed by atoms with Crippen LogP contribution in [0.4, 0.5) is 4.39 Å². The van der Waals surface area contributed by atoms with E-state index in [4.69, 9.17) is 5.73 Å². The lowest BCUT2D eigenvalue weighted by Gasteiger charge is -2.27. The lowest BCUT2D eigenvalue weighted by Crippen LogP contribution is -2.50. The Bertz CT molecular complexity index is 1110. The van der Waals surface area contributed by atoms with E-state index in [1.807, 2.05) is 20.8 Å². The molecule has 0 radical (unpaired) electrons. The van der Waals surface area contributed by atoms with Gasteiger partial charge in [0.25, 0.3) is 11.8 Å². The van der Waals surface area contributed by atoms with Crippen LogP contribution < -0.4 is 16.4 Å². The van der Waals surface area contributed by atoms with E-state index in [0.29, 0.717) is 55.1 Å². The van der Waals surface area contributed by atoms with Crippen LogP contribution in [-0.2, 0) is 11.2 Å². The number of hydrogen-bond acceptors (Lipinski definition) is 4. The van der Waals surface area contributed by atoms with E-state index in [1.165, 1.54) is 12.1 Å². The van der Waals surface area contributed by atoms with Gasteiger partial charge in [0.1, 0.15) is 5.82 Å². The Labute approximate surface area is 231 Å². The third kappa shape index (κ3) is 9.46. The molecule has 1 aliphatic carbocycles. The Morgan fingerprint density at radius 3 is 2.33 bits per heavy atom. The highest BCUT2D eigenvalue weighted by Gasteiger charge is 2.27. The summed E-state index contributed by atoms with van der Waals surface area (Å²) in [6.45, 7) is 7.88. The van der Waals surface area contributed by atoms with Gasteiger partial charge in [-0.25, -0.2) is 4.39 Å². The second kappa shape index (κ2) is 14.8. The number of nitrogens with zero attached hydrogens (tertiary/aromatic N) is 1. The van der Waals surface area contributed by atoms with Crippen molar-refractivity contribution in [3.05, 3.63) is 71.0 Å². The fraction of sp³-hybridized carbons (Fsp3) is 0.516. The molecule has 3 amide bonds. The van der Waals surface area contributed by atoms with Crippen molar-refractivity contribution in [2.24, 2.45) is 17.6 Å². The Hall–Kier alpha value is -3.26. The van der Waals surface area contributed by atoms with Gasteiger partial charge in [-0.15, -0.1) is 0 Å². The van der Waals surface area contributed by atoms with Crippen molar-refractivity contribution < 1.29 is 18.8 Å². The predicted molar refractivity (Wildman–Crippen MR) is 152 cm³/mol. The van der Waals surface area contributed by atoms with Crippen molar-refractivity contribution in [2.45, 2.75) is 71.4 Å². The Morgan fingerprint density at radius 2 is 1.69 bits per heavy atom. The van der Waals surface area contributed by atoms with Crippen molar-refractivity contribution in [3.63, 3.8) is 0 Å². The van der Waals surface area contributed by atoms with E-state index in [-0.39, 0.29) is 29.5 Å². The summed E-state index contributed by atoms with van der Waals surface area (Å²) >= 11 is 0. The molecule has 8 heteroatoms. The van der Waals surface area contributed by atoms with Crippen LogP contribution >= 0.6 is 0 Å². The summed E-state index contributed by atoms with van der Waals surface area (Å²) in [7, 11) is 0. The first-order valence-corrected chi connectivity index (χ1v) is 14.2. The van der Waals surface area contributed by atoms with Gasteiger partial charge in [-0.05, 0) is 80.3 Å². The third-order valence-electron chi connectivity index (χ3n) is 7.16. The zero-order chi connectivity index (χ0) is 28.4. The van der Waals surface area contributed by atoms with Gasteiger partial charge in [-0.2, -0.15) is 0 Å². The molecule has 212 valence electrons. The molecule has 2 aromatic rings. The van der Waals surface area contributed by atoms with Crippen LogP contribution in [0, 0.1) is 17.7 Å². The molecule has 39 heavy (non-hydrogen) atoms. The standard InChI is InChI=1S/C31H43FN4O3/c1-4-14-36(15-5-2)31(39)25-10-7-9-24(19-25)30(38)35-28(18-23-8-6-11-26(32)17-23)27(33)16-21(3)29(37)34-20-22-12-13-22/h6-11,17,19,21-22,27-28H,4-5,12-16,18,20,33H2,1-3H3,(H,34,37)(H,35,38)/t21-,27+,28+/m1/s1. The van der Waals surface area contributed by atoms with E-state index in [9.17, 15) is 18.8 Å². The molecule has 0 bridgehead atoms. The molecule has 0 spiro atoms. The maximum Gasteiger partial charge on any atom is 0.253 e. The quantitative estimate of drug-likeness (QED) is 0.314. The van der Waals surface area contributed by atoms with Crippen molar-refractivity contribution in [1.29, 1.82) is 0 Å². The lowest BCUT2D eigenvalue weighted by atomic mass is 9.91. The third-order valence-corrected chi connectivity index (χ3v) is 7.16. The monoisotopic (exact) mass is 538 g/mol. The number of benzene rings is 2. The van der Waals surface area contributed by atoms with Crippen LogP contribution in [0.15, 0.2) is 48.5 Å². The van der Waals surface area contributed by atoms with Crippen LogP contribution in [0.3, 0.4) is 0 Å². The van der Waals surface area contributed by atoms with Crippen LogP contribution in [0.5, 0.6) is 0 Å². The molecule has 0 saturated heterocycles. The minimum absolute atomic E-state index is 0.0527. The van der Waals surface area contributed by atoms with E-state index in [0.717, 1.165) is 25.7 Å². The van der Waals surface area contributed by atoms with Gasteiger partial charge < -0.3 is 21.3 Å². The first kappa shape index (κ1) is 30.3. The first-order chi connectivity index (χ1) is 18.7. The fourth-order valence-corrected chi connectivity index (χ4v) is 4.73. The second-order valence-electron chi connectivity index (χ2n) is 10.8. The molecule has 0 heterocycles. The van der Waals surface area contributed by atoms with Crippen LogP contribution in [0.25, 0.3) is 0 Å². The highest BCUT2D eigenvalue weighted by molar-refractivity contribution is 5.99. The van der Waals surface area contributed by atoms with Crippen LogP contribution in [0.1, 0.15) is 79.2 Å². The number of rotatable bonds is 15. The zero-order valence-electron chi connectivity index (χ0n) is 23.4. The van der Waals surface area contributed by atoms with Gasteiger partial charge in [0.15, 0.2) is 0 Å². The summed E-state index contributed by atoms with van der Waals surface area (Å²) < 4.78 is 13.9. The lowest BCUT2D eigenvalue weighted by molar-refractivity contribution is -0.124. The summed E-state index contributed by atoms with van der Waals surface area (Å²) in [5.74, 6) is -0.655. The summed E-state index contributed by atoms with van der Waals surface area (Å²) in [6.07, 6.45) is 4.67. The number of amides is 3. The van der Waals surface area contributed by atoms with Crippen LogP contribution in [-0.4, -0.2) is 54.3 Å². The Morgan fingerprint density at radius 1 is 1.03 bits per heavy atom. The molecule has 0 unspecified atom stereocenters. The topological polar surface area (TPSA) is 105 Å². The van der Waals surface area contributed by atoms with Crippen molar-refractivity contribution in [1.82, 2.24) is 15.5 Å². The molecule has 2 aromatic carbocycles. The molecule has 4 N–H and O–H groups in total. The number of nitrogens with one attached hydrogen (secondary N) is 2. The van der Waals surface area contributed by atoms with Crippen molar-refractivity contribution in [3.8, 4) is 0 Å². The number of carbonyl (C=O) groups is 3. The molecular formula is C31H43FN4O3. The predicted octanol–water partition coefficient (Wildman–Crippen LogP) is 4.31. The highest BCUT2D eigenvalue weighted by Crippen LogP contribution is 2.27. The maximum atomic E-state index is 13.9. The fourth-order valence-electron chi connectivity index (χ4n) is 4.73. The molecule has 0 aromatic heterocycles. The summed E-state index contributed by atoms with van der Waals surface area (Å²) in [4.78, 5) is 40.9. The zero-order valence-corrected chi connectivity index (χ0v) is 23.4. The van der Waals surface area contributed by atoms with Crippen molar-refractivity contribution >= 4 is 17.7 Å². The van der Waals surface area contributed by atoms with Gasteiger partial charge in [0, 0.05) is 48.8 Å². The van der Waals surface area contributed by atoms with Crippen molar-refractivity contribution in [2.75, 3.05) is 19.6 Å². The van der Waals surface area contributed by atoms with Gasteiger partial charge in [0.2, 0.25) is 5.91 Å². The molecule has 0 aliphatic heterocycles. The molecule has 3 atom stereocenters. The molecule has 1 fully saturated rings. The number of halogens is 1. The van der Waals surface area contributed by atoms with Gasteiger partial charge in [0.05, 0.1) is 0 Å². The Balaban J connectivity index is 1.74. The van der Waals surface area contributed by atoms with Gasteiger partial charge in [-0.1, -0.05) is 39.0 Å².